The zero-order valence-electron chi connectivity index (χ0n) is 9.14. The summed E-state index contributed by atoms with van der Waals surface area (Å²) in [7, 11) is 0. The molecule has 7 heteroatoms. The largest absolute Gasteiger partial charge is 0.319 e. The molecule has 1 fully saturated rings. The summed E-state index contributed by atoms with van der Waals surface area (Å²) in [5.74, 6) is 0. The topological polar surface area (TPSA) is 44.2 Å². The molecule has 0 atom stereocenters. The summed E-state index contributed by atoms with van der Waals surface area (Å²) in [5, 5.41) is 0.573. The number of halogens is 1. The van der Waals surface area contributed by atoms with E-state index >= 15 is 0 Å². The van der Waals surface area contributed by atoms with Gasteiger partial charge < -0.3 is 9.47 Å². The second-order valence-electron chi connectivity index (χ2n) is 3.54. The SMILES string of the molecule is CSc1nc2c(Cl)c(C3OC(C)O3)cnc2s1. The van der Waals surface area contributed by atoms with Crippen LogP contribution < -0.4 is 0 Å². The zero-order valence-corrected chi connectivity index (χ0v) is 11.5. The second-order valence-corrected chi connectivity index (χ2v) is 5.95. The maximum Gasteiger partial charge on any atom is 0.192 e. The maximum atomic E-state index is 6.30. The van der Waals surface area contributed by atoms with Gasteiger partial charge in [0.25, 0.3) is 0 Å². The minimum atomic E-state index is -0.408. The van der Waals surface area contributed by atoms with Crippen LogP contribution in [0.1, 0.15) is 18.8 Å². The van der Waals surface area contributed by atoms with Crippen molar-refractivity contribution >= 4 is 45.0 Å². The van der Waals surface area contributed by atoms with Gasteiger partial charge in [-0.15, -0.1) is 0 Å². The van der Waals surface area contributed by atoms with E-state index in [1.807, 2.05) is 13.2 Å². The molecule has 0 saturated carbocycles. The lowest BCUT2D eigenvalue weighted by Gasteiger charge is -2.34. The van der Waals surface area contributed by atoms with Crippen LogP contribution in [-0.2, 0) is 9.47 Å². The van der Waals surface area contributed by atoms with Crippen LogP contribution in [-0.4, -0.2) is 22.5 Å². The number of nitrogens with zero attached hydrogens (tertiary/aromatic N) is 2. The third-order valence-corrected chi connectivity index (χ3v) is 4.78. The van der Waals surface area contributed by atoms with E-state index in [1.165, 1.54) is 11.3 Å². The average molecular weight is 289 g/mol. The van der Waals surface area contributed by atoms with Gasteiger partial charge in [0.05, 0.1) is 5.02 Å². The number of hydrogen-bond acceptors (Lipinski definition) is 6. The highest BCUT2D eigenvalue weighted by molar-refractivity contribution is 8.00. The number of rotatable bonds is 2. The fraction of sp³-hybridized carbons (Fsp3) is 0.400. The van der Waals surface area contributed by atoms with Crippen LogP contribution in [0.5, 0.6) is 0 Å². The number of aromatic nitrogens is 2. The smallest absolute Gasteiger partial charge is 0.192 e. The van der Waals surface area contributed by atoms with Gasteiger partial charge in [-0.05, 0) is 13.2 Å². The van der Waals surface area contributed by atoms with Gasteiger partial charge in [0, 0.05) is 11.8 Å². The Morgan fingerprint density at radius 1 is 1.47 bits per heavy atom. The van der Waals surface area contributed by atoms with Crippen molar-refractivity contribution in [1.29, 1.82) is 0 Å². The first-order chi connectivity index (χ1) is 8.19. The second kappa shape index (κ2) is 4.37. The highest BCUT2D eigenvalue weighted by Gasteiger charge is 2.31. The molecule has 0 unspecified atom stereocenters. The fourth-order valence-electron chi connectivity index (χ4n) is 1.60. The number of hydrogen-bond donors (Lipinski definition) is 0. The molecule has 3 heterocycles. The summed E-state index contributed by atoms with van der Waals surface area (Å²) in [5.41, 5.74) is 1.47. The predicted molar refractivity (Wildman–Crippen MR) is 68.6 cm³/mol. The van der Waals surface area contributed by atoms with Crippen molar-refractivity contribution in [3.05, 3.63) is 16.8 Å². The molecular weight excluding hydrogens is 280 g/mol. The molecule has 90 valence electrons. The number of pyridine rings is 1. The van der Waals surface area contributed by atoms with Crippen LogP contribution in [0.4, 0.5) is 0 Å². The summed E-state index contributed by atoms with van der Waals surface area (Å²) in [4.78, 5) is 9.61. The normalized spacial score (nSPS) is 23.9. The lowest BCUT2D eigenvalue weighted by Crippen LogP contribution is -2.31. The van der Waals surface area contributed by atoms with E-state index in [2.05, 4.69) is 9.97 Å². The molecule has 0 N–H and O–H groups in total. The molecule has 4 nitrogen and oxygen atoms in total. The van der Waals surface area contributed by atoms with E-state index in [4.69, 9.17) is 21.1 Å². The van der Waals surface area contributed by atoms with E-state index in [0.717, 1.165) is 20.3 Å². The van der Waals surface area contributed by atoms with Crippen LogP contribution in [0.15, 0.2) is 10.5 Å². The van der Waals surface area contributed by atoms with Gasteiger partial charge in [-0.3, -0.25) is 0 Å². The van der Waals surface area contributed by atoms with Crippen LogP contribution in [0.2, 0.25) is 5.02 Å². The Morgan fingerprint density at radius 3 is 2.88 bits per heavy atom. The molecule has 0 amide bonds. The third kappa shape index (κ3) is 1.94. The molecule has 0 aromatic carbocycles. The zero-order chi connectivity index (χ0) is 12.0. The molecule has 0 radical (unpaired) electrons. The van der Waals surface area contributed by atoms with Crippen molar-refractivity contribution < 1.29 is 9.47 Å². The van der Waals surface area contributed by atoms with E-state index < -0.39 is 6.29 Å². The number of thioether (sulfide) groups is 1. The van der Waals surface area contributed by atoms with Gasteiger partial charge in [0.1, 0.15) is 10.3 Å². The molecule has 0 spiro atoms. The molecular formula is C10H9ClN2O2S2. The van der Waals surface area contributed by atoms with Gasteiger partial charge in [0.2, 0.25) is 0 Å². The average Bonchev–Trinajstić information content (AvgIpc) is 2.70. The molecule has 2 aromatic heterocycles. The Hall–Kier alpha value is -0.400. The Bertz CT molecular complexity index is 569. The van der Waals surface area contributed by atoms with Gasteiger partial charge in [-0.1, -0.05) is 34.7 Å². The highest BCUT2D eigenvalue weighted by atomic mass is 35.5. The minimum absolute atomic E-state index is 0.177. The summed E-state index contributed by atoms with van der Waals surface area (Å²) in [6, 6.07) is 0. The van der Waals surface area contributed by atoms with E-state index in [-0.39, 0.29) is 6.29 Å². The van der Waals surface area contributed by atoms with Crippen molar-refractivity contribution in [3.8, 4) is 0 Å². The number of fused-ring (bicyclic) bond motifs is 1. The fourth-order valence-corrected chi connectivity index (χ4v) is 3.33. The first kappa shape index (κ1) is 11.7. The summed E-state index contributed by atoms with van der Waals surface area (Å²) in [6.07, 6.45) is 3.09. The summed E-state index contributed by atoms with van der Waals surface area (Å²) in [6.45, 7) is 1.84. The number of ether oxygens (including phenoxy) is 2. The lowest BCUT2D eigenvalue weighted by molar-refractivity contribution is -0.382. The minimum Gasteiger partial charge on any atom is -0.319 e. The van der Waals surface area contributed by atoms with E-state index in [0.29, 0.717) is 5.02 Å². The Morgan fingerprint density at radius 2 is 2.24 bits per heavy atom. The van der Waals surface area contributed by atoms with Crippen LogP contribution >= 0.6 is 34.7 Å². The molecule has 1 aliphatic rings. The highest BCUT2D eigenvalue weighted by Crippen LogP contribution is 2.39. The van der Waals surface area contributed by atoms with Gasteiger partial charge >= 0.3 is 0 Å². The Kier molecular flexibility index (Phi) is 3.00. The van der Waals surface area contributed by atoms with Gasteiger partial charge in [0.15, 0.2) is 16.9 Å². The van der Waals surface area contributed by atoms with E-state index in [9.17, 15) is 0 Å². The first-order valence-corrected chi connectivity index (χ1v) is 7.41. The monoisotopic (exact) mass is 288 g/mol. The summed E-state index contributed by atoms with van der Waals surface area (Å²) < 4.78 is 11.8. The molecule has 0 aliphatic carbocycles. The third-order valence-electron chi connectivity index (χ3n) is 2.43. The standard InChI is InChI=1S/C10H9ClN2O2S2/c1-4-14-9(15-4)5-3-12-8-7(6(5)11)13-10(16-2)17-8/h3-4,9H,1-2H3. The van der Waals surface area contributed by atoms with Crippen LogP contribution in [0.25, 0.3) is 10.3 Å². The molecule has 0 bridgehead atoms. The van der Waals surface area contributed by atoms with Crippen molar-refractivity contribution in [2.45, 2.75) is 23.8 Å². The predicted octanol–water partition coefficient (Wildman–Crippen LogP) is 3.46. The van der Waals surface area contributed by atoms with Crippen molar-refractivity contribution in [3.63, 3.8) is 0 Å². The van der Waals surface area contributed by atoms with E-state index in [1.54, 1.807) is 18.0 Å². The molecule has 2 aromatic rings. The first-order valence-electron chi connectivity index (χ1n) is 4.99. The van der Waals surface area contributed by atoms with Gasteiger partial charge in [-0.2, -0.15) is 0 Å². The quantitative estimate of drug-likeness (QED) is 0.792. The molecule has 1 saturated heterocycles. The maximum absolute atomic E-state index is 6.30. The molecule has 1 aliphatic heterocycles. The van der Waals surface area contributed by atoms with Crippen LogP contribution in [0, 0.1) is 0 Å². The van der Waals surface area contributed by atoms with Crippen molar-refractivity contribution in [2.75, 3.05) is 6.26 Å². The number of thiazole rings is 1. The van der Waals surface area contributed by atoms with Gasteiger partial charge in [-0.25, -0.2) is 9.97 Å². The van der Waals surface area contributed by atoms with Crippen LogP contribution in [0.3, 0.4) is 0 Å². The molecule has 3 rings (SSSR count). The Balaban J connectivity index is 2.06. The van der Waals surface area contributed by atoms with Crippen molar-refractivity contribution in [2.24, 2.45) is 0 Å². The summed E-state index contributed by atoms with van der Waals surface area (Å²) >= 11 is 9.42. The Labute approximate surface area is 111 Å². The molecule has 17 heavy (non-hydrogen) atoms. The lowest BCUT2D eigenvalue weighted by atomic mass is 10.2. The van der Waals surface area contributed by atoms with Crippen molar-refractivity contribution in [1.82, 2.24) is 9.97 Å².